The zero-order chi connectivity index (χ0) is 25.5. The zero-order valence-corrected chi connectivity index (χ0v) is 20.1. The van der Waals surface area contributed by atoms with Crippen LogP contribution in [0.5, 0.6) is 23.0 Å². The third kappa shape index (κ3) is 9.71. The summed E-state index contributed by atoms with van der Waals surface area (Å²) in [4.78, 5) is 0. The van der Waals surface area contributed by atoms with E-state index < -0.39 is 0 Å². The van der Waals surface area contributed by atoms with Crippen LogP contribution in [-0.4, -0.2) is 63.1 Å². The summed E-state index contributed by atoms with van der Waals surface area (Å²) in [5.74, 6) is 1.67. The van der Waals surface area contributed by atoms with Crippen molar-refractivity contribution < 1.29 is 33.9 Å². The number of hydrogen-bond donors (Lipinski definition) is 2. The average molecular weight is 485 g/mol. The lowest BCUT2D eigenvalue weighted by molar-refractivity contribution is 0.0140. The van der Waals surface area contributed by atoms with Crippen molar-refractivity contribution in [2.75, 3.05) is 40.6 Å². The van der Waals surface area contributed by atoms with Gasteiger partial charge in [0.15, 0.2) is 23.0 Å². The van der Waals surface area contributed by atoms with Crippen molar-refractivity contribution in [3.05, 3.63) is 47.5 Å². The molecule has 2 aliphatic rings. The number of nitriles is 2. The molecule has 2 N–H and O–H groups in total. The van der Waals surface area contributed by atoms with Crippen LogP contribution < -0.4 is 14.2 Å². The average Bonchev–Trinajstić information content (AvgIpc) is 2.91. The van der Waals surface area contributed by atoms with Crippen LogP contribution in [0.25, 0.3) is 0 Å². The molecule has 2 heterocycles. The Kier molecular flexibility index (Phi) is 12.2. The summed E-state index contributed by atoms with van der Waals surface area (Å²) in [6.07, 6.45) is 3.51. The summed E-state index contributed by atoms with van der Waals surface area (Å²) in [5, 5.41) is 35.2. The highest BCUT2D eigenvalue weighted by Crippen LogP contribution is 2.30. The molecule has 35 heavy (non-hydrogen) atoms. The third-order valence-corrected chi connectivity index (χ3v) is 5.25. The van der Waals surface area contributed by atoms with E-state index in [0.717, 1.165) is 52.1 Å². The largest absolute Gasteiger partial charge is 0.504 e. The summed E-state index contributed by atoms with van der Waals surface area (Å²) < 4.78 is 26.1. The Hall–Kier alpha value is -3.50. The van der Waals surface area contributed by atoms with Crippen LogP contribution in [0.15, 0.2) is 36.4 Å². The first kappa shape index (κ1) is 27.7. The number of ether oxygens (including phenoxy) is 5. The summed E-state index contributed by atoms with van der Waals surface area (Å²) in [5.41, 5.74) is 1.04. The smallest absolute Gasteiger partial charge is 0.162 e. The molecule has 0 saturated carbocycles. The van der Waals surface area contributed by atoms with Crippen molar-refractivity contribution in [1.29, 1.82) is 10.5 Å². The Morgan fingerprint density at radius 3 is 1.77 bits per heavy atom. The molecule has 2 saturated heterocycles. The van der Waals surface area contributed by atoms with Crippen LogP contribution in [0.3, 0.4) is 0 Å². The summed E-state index contributed by atoms with van der Waals surface area (Å²) in [6.45, 7) is 2.95. The monoisotopic (exact) mass is 484 g/mol. The van der Waals surface area contributed by atoms with Gasteiger partial charge in [0.2, 0.25) is 0 Å². The minimum atomic E-state index is -0.0891. The number of aliphatic hydroxyl groups excluding tert-OH is 1. The molecule has 2 aromatic rings. The molecule has 9 heteroatoms. The number of phenolic OH excluding ortho intramolecular Hbond substituents is 1. The molecule has 0 bridgehead atoms. The fourth-order valence-corrected chi connectivity index (χ4v) is 3.24. The number of phenols is 1. The van der Waals surface area contributed by atoms with Gasteiger partial charge >= 0.3 is 0 Å². The van der Waals surface area contributed by atoms with Crippen molar-refractivity contribution in [3.63, 3.8) is 0 Å². The van der Waals surface area contributed by atoms with Crippen LogP contribution in [0.1, 0.15) is 36.8 Å². The van der Waals surface area contributed by atoms with Gasteiger partial charge < -0.3 is 33.9 Å². The van der Waals surface area contributed by atoms with Gasteiger partial charge in [-0.2, -0.15) is 10.5 Å². The van der Waals surface area contributed by atoms with Gasteiger partial charge in [-0.05, 0) is 37.1 Å². The van der Waals surface area contributed by atoms with Crippen molar-refractivity contribution in [2.45, 2.75) is 37.9 Å². The van der Waals surface area contributed by atoms with Gasteiger partial charge in [-0.15, -0.1) is 0 Å². The van der Waals surface area contributed by atoms with Crippen LogP contribution in [0.2, 0.25) is 0 Å². The molecule has 188 valence electrons. The third-order valence-electron chi connectivity index (χ3n) is 5.25. The molecular formula is C26H32N2O7. The van der Waals surface area contributed by atoms with E-state index in [1.807, 2.05) is 6.07 Å². The minimum Gasteiger partial charge on any atom is -0.504 e. The van der Waals surface area contributed by atoms with Crippen LogP contribution in [0, 0.1) is 22.7 Å². The molecule has 2 aromatic carbocycles. The zero-order valence-electron chi connectivity index (χ0n) is 20.1. The van der Waals surface area contributed by atoms with E-state index in [-0.39, 0.29) is 18.0 Å². The van der Waals surface area contributed by atoms with Gasteiger partial charge in [0.1, 0.15) is 6.10 Å². The van der Waals surface area contributed by atoms with E-state index in [2.05, 4.69) is 6.07 Å². The van der Waals surface area contributed by atoms with E-state index in [4.69, 9.17) is 44.4 Å². The van der Waals surface area contributed by atoms with Crippen molar-refractivity contribution in [3.8, 4) is 35.1 Å². The van der Waals surface area contributed by atoms with E-state index in [1.165, 1.54) is 25.3 Å². The van der Waals surface area contributed by atoms with Crippen LogP contribution in [0.4, 0.5) is 0 Å². The maximum Gasteiger partial charge on any atom is 0.162 e. The molecule has 4 rings (SSSR count). The number of methoxy groups -OCH3 is 2. The number of nitrogens with zero attached hydrogens (tertiary/aromatic N) is 2. The van der Waals surface area contributed by atoms with Gasteiger partial charge in [0.05, 0.1) is 56.8 Å². The number of rotatable bonds is 4. The summed E-state index contributed by atoms with van der Waals surface area (Å²) in [7, 11) is 3.02. The molecule has 0 radical (unpaired) electrons. The molecule has 0 atom stereocenters. The van der Waals surface area contributed by atoms with Gasteiger partial charge in [-0.1, -0.05) is 0 Å². The Balaban J connectivity index is 0.000000205. The highest BCUT2D eigenvalue weighted by atomic mass is 16.5. The highest BCUT2D eigenvalue weighted by molar-refractivity contribution is 5.47. The van der Waals surface area contributed by atoms with Gasteiger partial charge in [-0.3, -0.25) is 0 Å². The lowest BCUT2D eigenvalue weighted by Gasteiger charge is -2.24. The van der Waals surface area contributed by atoms with Gasteiger partial charge in [0, 0.05) is 38.2 Å². The molecule has 0 aromatic heterocycles. The number of aliphatic hydroxyl groups is 1. The number of benzene rings is 2. The first-order valence-electron chi connectivity index (χ1n) is 11.4. The quantitative estimate of drug-likeness (QED) is 0.668. The van der Waals surface area contributed by atoms with Gasteiger partial charge in [-0.25, -0.2) is 0 Å². The normalized spacial score (nSPS) is 15.7. The molecule has 2 fully saturated rings. The molecule has 0 amide bonds. The van der Waals surface area contributed by atoms with E-state index in [0.29, 0.717) is 28.4 Å². The number of hydrogen-bond acceptors (Lipinski definition) is 9. The second kappa shape index (κ2) is 15.4. The highest BCUT2D eigenvalue weighted by Gasteiger charge is 2.17. The SMILES string of the molecule is COc1cc(C#N)ccc1O.COc1cc(C#N)ccc1OC1CCOCC1.OC1CCOCC1. The molecule has 0 aliphatic carbocycles. The predicted octanol–water partition coefficient (Wildman–Crippen LogP) is 3.55. The number of aromatic hydroxyl groups is 1. The minimum absolute atomic E-state index is 0.0477. The first-order valence-corrected chi connectivity index (χ1v) is 11.4. The second-order valence-corrected chi connectivity index (χ2v) is 7.75. The standard InChI is InChI=1S/C13H15NO3.C8H7NO2.C5H10O2/c1-15-13-8-10(9-14)2-3-12(13)17-11-4-6-16-7-5-11;1-11-8-4-6(5-9)2-3-7(8)10;6-5-1-3-7-4-2-5/h2-3,8,11H,4-7H2,1H3;2-4,10H,1H3;5-6H,1-4H2. The van der Waals surface area contributed by atoms with E-state index in [1.54, 1.807) is 25.3 Å². The predicted molar refractivity (Wildman–Crippen MR) is 128 cm³/mol. The lowest BCUT2D eigenvalue weighted by Crippen LogP contribution is -2.26. The van der Waals surface area contributed by atoms with Crippen molar-refractivity contribution in [2.24, 2.45) is 0 Å². The van der Waals surface area contributed by atoms with E-state index in [9.17, 15) is 0 Å². The second-order valence-electron chi connectivity index (χ2n) is 7.75. The summed E-state index contributed by atoms with van der Waals surface area (Å²) in [6, 6.07) is 13.7. The van der Waals surface area contributed by atoms with Crippen LogP contribution in [-0.2, 0) is 9.47 Å². The Morgan fingerprint density at radius 2 is 1.29 bits per heavy atom. The molecule has 0 spiro atoms. The molecule has 0 unspecified atom stereocenters. The topological polar surface area (TPSA) is 134 Å². The molecule has 9 nitrogen and oxygen atoms in total. The maximum atomic E-state index is 9.10. The lowest BCUT2D eigenvalue weighted by atomic mass is 10.1. The Bertz CT molecular complexity index is 988. The molecule has 2 aliphatic heterocycles. The fraction of sp³-hybridized carbons (Fsp3) is 0.462. The van der Waals surface area contributed by atoms with E-state index >= 15 is 0 Å². The van der Waals surface area contributed by atoms with Crippen molar-refractivity contribution in [1.82, 2.24) is 0 Å². The Morgan fingerprint density at radius 1 is 0.771 bits per heavy atom. The Labute approximate surface area is 206 Å². The summed E-state index contributed by atoms with van der Waals surface area (Å²) >= 11 is 0. The fourth-order valence-electron chi connectivity index (χ4n) is 3.24. The maximum absolute atomic E-state index is 9.10. The molecular weight excluding hydrogens is 452 g/mol. The van der Waals surface area contributed by atoms with Crippen LogP contribution >= 0.6 is 0 Å². The first-order chi connectivity index (χ1) is 17.0. The van der Waals surface area contributed by atoms with Crippen molar-refractivity contribution >= 4 is 0 Å². The van der Waals surface area contributed by atoms with Gasteiger partial charge in [0.25, 0.3) is 0 Å².